The quantitative estimate of drug-likeness (QED) is 0.707. The van der Waals surface area contributed by atoms with Crippen molar-refractivity contribution in [3.63, 3.8) is 0 Å². The van der Waals surface area contributed by atoms with Gasteiger partial charge in [-0.3, -0.25) is 4.98 Å². The van der Waals surface area contributed by atoms with E-state index in [0.29, 0.717) is 21.2 Å². The lowest BCUT2D eigenvalue weighted by Gasteiger charge is -2.06. The van der Waals surface area contributed by atoms with E-state index in [2.05, 4.69) is 15.0 Å². The molecule has 0 fully saturated rings. The largest absolute Gasteiger partial charge is 0.338 e. The van der Waals surface area contributed by atoms with E-state index >= 15 is 0 Å². The molecule has 20 heavy (non-hydrogen) atoms. The molecule has 3 rings (SSSR count). The van der Waals surface area contributed by atoms with Gasteiger partial charge < -0.3 is 4.98 Å². The lowest BCUT2D eigenvalue weighted by molar-refractivity contribution is 1.13. The number of H-pyrrole nitrogens is 1. The predicted octanol–water partition coefficient (Wildman–Crippen LogP) is 4.52. The Kier molecular flexibility index (Phi) is 3.58. The summed E-state index contributed by atoms with van der Waals surface area (Å²) in [6.45, 7) is 0. The molecule has 1 N–H and O–H groups in total. The molecule has 0 bridgehead atoms. The van der Waals surface area contributed by atoms with Crippen LogP contribution in [0.4, 0.5) is 0 Å². The molecule has 0 saturated carbocycles. The van der Waals surface area contributed by atoms with Crippen molar-refractivity contribution in [2.24, 2.45) is 0 Å². The molecule has 0 radical (unpaired) electrons. The van der Waals surface area contributed by atoms with Crippen LogP contribution in [0, 0.1) is 4.64 Å². The molecule has 0 saturated heterocycles. The minimum Gasteiger partial charge on any atom is -0.338 e. The molecule has 3 aromatic rings. The molecule has 2 aromatic heterocycles. The first-order valence-electron chi connectivity index (χ1n) is 6.02. The molecule has 0 aliphatic rings. The first-order chi connectivity index (χ1) is 9.74. The number of aromatic amines is 1. The van der Waals surface area contributed by atoms with E-state index in [1.165, 1.54) is 0 Å². The molecule has 0 unspecified atom stereocenters. The van der Waals surface area contributed by atoms with Crippen molar-refractivity contribution in [1.82, 2.24) is 15.0 Å². The highest BCUT2D eigenvalue weighted by molar-refractivity contribution is 7.71. The number of nitrogens with zero attached hydrogens (tertiary/aromatic N) is 2. The van der Waals surface area contributed by atoms with Gasteiger partial charge in [0.05, 0.1) is 5.02 Å². The molecule has 5 heteroatoms. The van der Waals surface area contributed by atoms with Crippen molar-refractivity contribution >= 4 is 23.8 Å². The fourth-order valence-corrected chi connectivity index (χ4v) is 2.32. The highest BCUT2D eigenvalue weighted by Gasteiger charge is 2.08. The van der Waals surface area contributed by atoms with E-state index in [4.69, 9.17) is 23.8 Å². The Balaban J connectivity index is 2.18. The lowest BCUT2D eigenvalue weighted by Crippen LogP contribution is -1.95. The fraction of sp³-hybridized carbons (Fsp3) is 0. The second-order valence-corrected chi connectivity index (χ2v) is 5.01. The van der Waals surface area contributed by atoms with E-state index in [-0.39, 0.29) is 0 Å². The summed E-state index contributed by atoms with van der Waals surface area (Å²) in [5.41, 5.74) is 2.52. The molecule has 0 aliphatic heterocycles. The minimum absolute atomic E-state index is 0.499. The Hall–Kier alpha value is -2.04. The van der Waals surface area contributed by atoms with Crippen molar-refractivity contribution < 1.29 is 0 Å². The lowest BCUT2D eigenvalue weighted by atomic mass is 10.1. The van der Waals surface area contributed by atoms with E-state index < -0.39 is 0 Å². The van der Waals surface area contributed by atoms with Crippen LogP contribution in [-0.2, 0) is 0 Å². The van der Waals surface area contributed by atoms with Gasteiger partial charge in [0.25, 0.3) is 0 Å². The maximum atomic E-state index is 6.15. The van der Waals surface area contributed by atoms with E-state index in [9.17, 15) is 0 Å². The molecule has 0 atom stereocenters. The van der Waals surface area contributed by atoms with Crippen LogP contribution in [0.2, 0.25) is 5.02 Å². The van der Waals surface area contributed by atoms with Crippen LogP contribution >= 0.6 is 23.8 Å². The van der Waals surface area contributed by atoms with Gasteiger partial charge in [-0.05, 0) is 23.8 Å². The summed E-state index contributed by atoms with van der Waals surface area (Å²) < 4.78 is 0.499. The first-order valence-corrected chi connectivity index (χ1v) is 6.80. The molecule has 0 spiro atoms. The zero-order chi connectivity index (χ0) is 13.9. The molecule has 3 nitrogen and oxygen atoms in total. The van der Waals surface area contributed by atoms with Crippen molar-refractivity contribution in [3.05, 3.63) is 64.4 Å². The van der Waals surface area contributed by atoms with Gasteiger partial charge in [0.2, 0.25) is 0 Å². The van der Waals surface area contributed by atoms with Gasteiger partial charge in [0, 0.05) is 11.9 Å². The minimum atomic E-state index is 0.499. The monoisotopic (exact) mass is 299 g/mol. The number of hydrogen-bond donors (Lipinski definition) is 1. The van der Waals surface area contributed by atoms with Crippen molar-refractivity contribution in [2.45, 2.75) is 0 Å². The smallest absolute Gasteiger partial charge is 0.159 e. The van der Waals surface area contributed by atoms with Crippen molar-refractivity contribution in [3.8, 4) is 22.8 Å². The summed E-state index contributed by atoms with van der Waals surface area (Å²) in [6, 6.07) is 15.3. The number of benzene rings is 1. The zero-order valence-corrected chi connectivity index (χ0v) is 11.9. The SMILES string of the molecule is S=c1cc(-c2ccccc2)[nH]c(-c2ncccc2Cl)n1. The molecule has 0 amide bonds. The van der Waals surface area contributed by atoms with Gasteiger partial charge in [-0.1, -0.05) is 54.2 Å². The van der Waals surface area contributed by atoms with Crippen molar-refractivity contribution in [2.75, 3.05) is 0 Å². The molecule has 2 heterocycles. The number of nitrogens with one attached hydrogen (secondary N) is 1. The third-order valence-corrected chi connectivity index (χ3v) is 3.32. The second-order valence-electron chi connectivity index (χ2n) is 4.18. The van der Waals surface area contributed by atoms with Crippen LogP contribution < -0.4 is 0 Å². The molecule has 0 aliphatic carbocycles. The molecular weight excluding hydrogens is 290 g/mol. The summed E-state index contributed by atoms with van der Waals surface area (Å²) in [5, 5.41) is 0.538. The topological polar surface area (TPSA) is 41.6 Å². The number of rotatable bonds is 2. The highest BCUT2D eigenvalue weighted by Crippen LogP contribution is 2.24. The summed E-state index contributed by atoms with van der Waals surface area (Å²) in [7, 11) is 0. The number of hydrogen-bond acceptors (Lipinski definition) is 3. The summed E-state index contributed by atoms with van der Waals surface area (Å²) >= 11 is 11.4. The first kappa shape index (κ1) is 13.0. The molecule has 98 valence electrons. The van der Waals surface area contributed by atoms with Gasteiger partial charge in [0.1, 0.15) is 10.3 Å². The van der Waals surface area contributed by atoms with Crippen LogP contribution in [0.15, 0.2) is 54.7 Å². The molecular formula is C15H10ClN3S. The maximum absolute atomic E-state index is 6.15. The van der Waals surface area contributed by atoms with Crippen LogP contribution in [0.1, 0.15) is 0 Å². The Morgan fingerprint density at radius 2 is 1.85 bits per heavy atom. The van der Waals surface area contributed by atoms with Crippen LogP contribution in [0.3, 0.4) is 0 Å². The van der Waals surface area contributed by atoms with Crippen LogP contribution in [0.5, 0.6) is 0 Å². The fourth-order valence-electron chi connectivity index (χ4n) is 1.90. The van der Waals surface area contributed by atoms with Crippen LogP contribution in [-0.4, -0.2) is 15.0 Å². The summed E-state index contributed by atoms with van der Waals surface area (Å²) in [6.07, 6.45) is 1.68. The maximum Gasteiger partial charge on any atom is 0.159 e. The summed E-state index contributed by atoms with van der Waals surface area (Å²) in [4.78, 5) is 11.8. The van der Waals surface area contributed by atoms with Gasteiger partial charge in [-0.2, -0.15) is 0 Å². The second kappa shape index (κ2) is 5.53. The van der Waals surface area contributed by atoms with E-state index in [1.54, 1.807) is 18.3 Å². The normalized spacial score (nSPS) is 10.4. The van der Waals surface area contributed by atoms with E-state index in [1.807, 2.05) is 36.4 Å². The van der Waals surface area contributed by atoms with Gasteiger partial charge in [-0.15, -0.1) is 0 Å². The Morgan fingerprint density at radius 1 is 1.05 bits per heavy atom. The Bertz CT molecular complexity index is 799. The standard InChI is InChI=1S/C15H10ClN3S/c16-11-7-4-8-17-14(11)15-18-12(9-13(20)19-15)10-5-2-1-3-6-10/h1-9H,(H,18,19,20). The molecule has 1 aromatic carbocycles. The van der Waals surface area contributed by atoms with Gasteiger partial charge >= 0.3 is 0 Å². The number of halogens is 1. The summed E-state index contributed by atoms with van der Waals surface area (Å²) in [5.74, 6) is 0.571. The van der Waals surface area contributed by atoms with E-state index in [0.717, 1.165) is 11.3 Å². The average molecular weight is 300 g/mol. The van der Waals surface area contributed by atoms with Gasteiger partial charge in [-0.25, -0.2) is 4.98 Å². The number of aromatic nitrogens is 3. The average Bonchev–Trinajstić information content (AvgIpc) is 2.48. The van der Waals surface area contributed by atoms with Crippen LogP contribution in [0.25, 0.3) is 22.8 Å². The third kappa shape index (κ3) is 2.61. The number of pyridine rings is 1. The predicted molar refractivity (Wildman–Crippen MR) is 83.1 cm³/mol. The Labute approximate surface area is 126 Å². The zero-order valence-electron chi connectivity index (χ0n) is 10.4. The Morgan fingerprint density at radius 3 is 2.60 bits per heavy atom. The van der Waals surface area contributed by atoms with Gasteiger partial charge in [0.15, 0.2) is 5.82 Å². The third-order valence-electron chi connectivity index (χ3n) is 2.81. The van der Waals surface area contributed by atoms with Crippen molar-refractivity contribution in [1.29, 1.82) is 0 Å². The highest BCUT2D eigenvalue weighted by atomic mass is 35.5.